The summed E-state index contributed by atoms with van der Waals surface area (Å²) in [4.78, 5) is 40.4. The number of hydrogen-bond donors (Lipinski definition) is 2. The second-order valence-corrected chi connectivity index (χ2v) is 9.08. The molecule has 1 aliphatic heterocycles. The van der Waals surface area contributed by atoms with Gasteiger partial charge in [0.25, 0.3) is 0 Å². The Hall–Kier alpha value is -3.03. The summed E-state index contributed by atoms with van der Waals surface area (Å²) in [5, 5.41) is 6.41. The number of nitrogens with one attached hydrogen (secondary N) is 2. The van der Waals surface area contributed by atoms with E-state index in [-0.39, 0.29) is 17.9 Å². The fourth-order valence-electron chi connectivity index (χ4n) is 5.16. The normalized spacial score (nSPS) is 20.1. The highest BCUT2D eigenvalue weighted by molar-refractivity contribution is 5.80. The number of anilines is 2. The lowest BCUT2D eigenvalue weighted by Gasteiger charge is -2.39. The maximum atomic E-state index is 13.5. The van der Waals surface area contributed by atoms with Crippen LogP contribution in [0.3, 0.4) is 0 Å². The average Bonchev–Trinajstić information content (AvgIpc) is 3.24. The molecule has 170 valence electrons. The number of rotatable bonds is 6. The summed E-state index contributed by atoms with van der Waals surface area (Å²) < 4.78 is 0. The number of aromatic nitrogens is 3. The third kappa shape index (κ3) is 5.23. The van der Waals surface area contributed by atoms with Crippen LogP contribution in [-0.2, 0) is 9.59 Å². The Morgan fingerprint density at radius 1 is 1.16 bits per heavy atom. The predicted octanol–water partition coefficient (Wildman–Crippen LogP) is 3.82. The van der Waals surface area contributed by atoms with Crippen molar-refractivity contribution in [2.24, 2.45) is 0 Å². The highest BCUT2D eigenvalue weighted by Crippen LogP contribution is 2.37. The molecule has 0 bridgehead atoms. The second kappa shape index (κ2) is 9.63. The Morgan fingerprint density at radius 2 is 1.97 bits per heavy atom. The van der Waals surface area contributed by atoms with Crippen LogP contribution in [0.15, 0.2) is 30.7 Å². The molecule has 8 heteroatoms. The topological polar surface area (TPSA) is 100 Å². The fraction of sp³-hybridized carbons (Fsp3) is 0.542. The molecule has 2 amide bonds. The molecule has 3 heterocycles. The number of pyridine rings is 1. The van der Waals surface area contributed by atoms with Crippen molar-refractivity contribution in [2.75, 3.05) is 11.9 Å². The molecule has 2 aliphatic rings. The molecular formula is C24H32N6O2. The maximum absolute atomic E-state index is 13.5. The first-order chi connectivity index (χ1) is 15.4. The van der Waals surface area contributed by atoms with Crippen molar-refractivity contribution in [1.29, 1.82) is 0 Å². The van der Waals surface area contributed by atoms with Crippen LogP contribution in [0.4, 0.5) is 11.5 Å². The van der Waals surface area contributed by atoms with Crippen molar-refractivity contribution in [1.82, 2.24) is 25.2 Å². The van der Waals surface area contributed by atoms with Crippen LogP contribution in [0, 0.1) is 6.92 Å². The van der Waals surface area contributed by atoms with Crippen LogP contribution < -0.4 is 10.6 Å². The molecule has 0 aromatic carbocycles. The van der Waals surface area contributed by atoms with Crippen LogP contribution in [0.25, 0.3) is 0 Å². The minimum Gasteiger partial charge on any atom is -0.350 e. The van der Waals surface area contributed by atoms with E-state index in [1.165, 1.54) is 0 Å². The number of hydrogen-bond acceptors (Lipinski definition) is 6. The summed E-state index contributed by atoms with van der Waals surface area (Å²) in [6.45, 7) is 4.23. The quantitative estimate of drug-likeness (QED) is 0.714. The minimum atomic E-state index is -0.410. The van der Waals surface area contributed by atoms with Gasteiger partial charge in [0, 0.05) is 49.2 Å². The van der Waals surface area contributed by atoms with Crippen molar-refractivity contribution >= 4 is 23.3 Å². The van der Waals surface area contributed by atoms with Gasteiger partial charge >= 0.3 is 0 Å². The van der Waals surface area contributed by atoms with Crippen LogP contribution >= 0.6 is 0 Å². The third-order valence-electron chi connectivity index (χ3n) is 6.46. The van der Waals surface area contributed by atoms with E-state index in [9.17, 15) is 9.59 Å². The Morgan fingerprint density at radius 3 is 2.69 bits per heavy atom. The molecule has 1 aliphatic carbocycles. The van der Waals surface area contributed by atoms with E-state index in [1.54, 1.807) is 25.5 Å². The van der Waals surface area contributed by atoms with E-state index < -0.39 is 5.54 Å². The van der Waals surface area contributed by atoms with Crippen molar-refractivity contribution in [2.45, 2.75) is 76.8 Å². The molecule has 2 N–H and O–H groups in total. The average molecular weight is 437 g/mol. The molecule has 1 saturated heterocycles. The van der Waals surface area contributed by atoms with Crippen LogP contribution in [0.1, 0.15) is 75.7 Å². The standard InChI is InChI=1S/C24H32N6O2/c1-17-13-19(28-22-16-25-10-11-26-22)14-20(27-17)21-7-6-12-30(21)23(32)15-24(29-18(2)31)8-4-3-5-9-24/h10-11,13-14,16,21H,3-9,12,15H2,1-2H3,(H,29,31)(H,26,27,28)/t21-/m1/s1. The van der Waals surface area contributed by atoms with Crippen molar-refractivity contribution < 1.29 is 9.59 Å². The molecular weight excluding hydrogens is 404 g/mol. The van der Waals surface area contributed by atoms with Gasteiger partial charge in [0.2, 0.25) is 11.8 Å². The predicted molar refractivity (Wildman–Crippen MR) is 122 cm³/mol. The second-order valence-electron chi connectivity index (χ2n) is 9.08. The summed E-state index contributed by atoms with van der Waals surface area (Å²) in [5.41, 5.74) is 2.25. The SMILES string of the molecule is CC(=O)NC1(CC(=O)N2CCC[C@@H]2c2cc(Nc3cnccn3)cc(C)n2)CCCCC1. The summed E-state index contributed by atoms with van der Waals surface area (Å²) in [6, 6.07) is 3.91. The highest BCUT2D eigenvalue weighted by atomic mass is 16.2. The molecule has 1 saturated carbocycles. The van der Waals surface area contributed by atoms with E-state index in [0.717, 1.165) is 68.6 Å². The van der Waals surface area contributed by atoms with Crippen LogP contribution in [0.5, 0.6) is 0 Å². The van der Waals surface area contributed by atoms with E-state index in [0.29, 0.717) is 12.2 Å². The van der Waals surface area contributed by atoms with E-state index in [4.69, 9.17) is 4.98 Å². The summed E-state index contributed by atoms with van der Waals surface area (Å²) in [7, 11) is 0. The number of carbonyl (C=O) groups excluding carboxylic acids is 2. The number of nitrogens with zero attached hydrogens (tertiary/aromatic N) is 4. The van der Waals surface area contributed by atoms with E-state index >= 15 is 0 Å². The van der Waals surface area contributed by atoms with Gasteiger partial charge in [-0.05, 0) is 44.7 Å². The van der Waals surface area contributed by atoms with Gasteiger partial charge < -0.3 is 15.5 Å². The zero-order valence-electron chi connectivity index (χ0n) is 18.9. The molecule has 0 unspecified atom stereocenters. The molecule has 8 nitrogen and oxygen atoms in total. The summed E-state index contributed by atoms with van der Waals surface area (Å²) in [6.07, 6.45) is 12.1. The van der Waals surface area contributed by atoms with Crippen molar-refractivity contribution in [3.8, 4) is 0 Å². The van der Waals surface area contributed by atoms with Gasteiger partial charge in [0.15, 0.2) is 0 Å². The molecule has 2 aromatic heterocycles. The van der Waals surface area contributed by atoms with E-state index in [2.05, 4.69) is 20.6 Å². The summed E-state index contributed by atoms with van der Waals surface area (Å²) in [5.74, 6) is 0.714. The van der Waals surface area contributed by atoms with Gasteiger partial charge in [-0.15, -0.1) is 0 Å². The van der Waals surface area contributed by atoms with Crippen LogP contribution in [0.2, 0.25) is 0 Å². The molecule has 0 spiro atoms. The lowest BCUT2D eigenvalue weighted by Crippen LogP contribution is -2.52. The number of likely N-dealkylation sites (tertiary alicyclic amines) is 1. The van der Waals surface area contributed by atoms with Crippen LogP contribution in [-0.4, -0.2) is 43.7 Å². The Kier molecular flexibility index (Phi) is 6.67. The molecule has 0 radical (unpaired) electrons. The Bertz CT molecular complexity index is 958. The third-order valence-corrected chi connectivity index (χ3v) is 6.46. The van der Waals surface area contributed by atoms with Crippen molar-refractivity contribution in [3.63, 3.8) is 0 Å². The molecule has 2 aromatic rings. The minimum absolute atomic E-state index is 0.0530. The van der Waals surface area contributed by atoms with Crippen molar-refractivity contribution in [3.05, 3.63) is 42.1 Å². The smallest absolute Gasteiger partial charge is 0.225 e. The molecule has 1 atom stereocenters. The monoisotopic (exact) mass is 436 g/mol. The highest BCUT2D eigenvalue weighted by Gasteiger charge is 2.39. The van der Waals surface area contributed by atoms with Gasteiger partial charge in [-0.2, -0.15) is 0 Å². The first kappa shape index (κ1) is 22.2. The van der Waals surface area contributed by atoms with Gasteiger partial charge in [0.1, 0.15) is 5.82 Å². The molecule has 32 heavy (non-hydrogen) atoms. The van der Waals surface area contributed by atoms with E-state index in [1.807, 2.05) is 24.0 Å². The van der Waals surface area contributed by atoms with Gasteiger partial charge in [-0.25, -0.2) is 4.98 Å². The first-order valence-electron chi connectivity index (χ1n) is 11.5. The lowest BCUT2D eigenvalue weighted by atomic mass is 9.78. The zero-order chi connectivity index (χ0) is 22.6. The summed E-state index contributed by atoms with van der Waals surface area (Å²) >= 11 is 0. The molecule has 4 rings (SSSR count). The van der Waals surface area contributed by atoms with Gasteiger partial charge in [-0.3, -0.25) is 19.6 Å². The molecule has 2 fully saturated rings. The fourth-order valence-corrected chi connectivity index (χ4v) is 5.16. The largest absolute Gasteiger partial charge is 0.350 e. The van der Waals surface area contributed by atoms with Gasteiger partial charge in [-0.1, -0.05) is 19.3 Å². The van der Waals surface area contributed by atoms with Gasteiger partial charge in [0.05, 0.1) is 17.9 Å². The number of aryl methyl sites for hydroxylation is 1. The Balaban J connectivity index is 1.52. The number of amides is 2. The Labute approximate surface area is 189 Å². The zero-order valence-corrected chi connectivity index (χ0v) is 18.9. The number of carbonyl (C=O) groups is 2. The lowest BCUT2D eigenvalue weighted by molar-refractivity contribution is -0.135. The first-order valence-corrected chi connectivity index (χ1v) is 11.5. The maximum Gasteiger partial charge on any atom is 0.225 e.